The van der Waals surface area contributed by atoms with E-state index in [2.05, 4.69) is 32.5 Å². The molecule has 0 aliphatic carbocycles. The molecule has 0 saturated carbocycles. The first kappa shape index (κ1) is 19.3. The summed E-state index contributed by atoms with van der Waals surface area (Å²) >= 11 is 0. The summed E-state index contributed by atoms with van der Waals surface area (Å²) in [6.45, 7) is 3.66. The Balaban J connectivity index is 1.58. The molecule has 0 unspecified atom stereocenters. The number of benzene rings is 1. The molecule has 0 atom stereocenters. The molecule has 9 heteroatoms. The highest BCUT2D eigenvalue weighted by Crippen LogP contribution is 2.17. The zero-order chi connectivity index (χ0) is 20.1. The molecule has 1 saturated heterocycles. The predicted octanol–water partition coefficient (Wildman–Crippen LogP) is 1.42. The molecule has 0 radical (unpaired) electrons. The molecular formula is C19H19FN6O2. The molecule has 0 bridgehead atoms. The van der Waals surface area contributed by atoms with Crippen LogP contribution in [0.3, 0.4) is 0 Å². The van der Waals surface area contributed by atoms with Crippen LogP contribution in [0.2, 0.25) is 0 Å². The minimum Gasteiger partial charge on any atom is -0.354 e. The van der Waals surface area contributed by atoms with Gasteiger partial charge in [-0.3, -0.25) is 9.59 Å². The Bertz CT molecular complexity index is 917. The maximum Gasteiger partial charge on any atom is 0.314 e. The van der Waals surface area contributed by atoms with Gasteiger partial charge in [-0.1, -0.05) is 0 Å². The van der Waals surface area contributed by atoms with E-state index in [1.54, 1.807) is 18.2 Å². The summed E-state index contributed by atoms with van der Waals surface area (Å²) in [5.41, 5.74) is 0.318. The average Bonchev–Trinajstić information content (AvgIpc) is 2.70. The van der Waals surface area contributed by atoms with Crippen LogP contribution < -0.4 is 15.5 Å². The van der Waals surface area contributed by atoms with E-state index in [-0.39, 0.29) is 11.3 Å². The summed E-state index contributed by atoms with van der Waals surface area (Å²) in [6.07, 6.45) is 1.49. The Morgan fingerprint density at radius 2 is 1.71 bits per heavy atom. The standard InChI is InChI=1S/C19H19FN6O2/c1-25-6-8-26(9-7-25)17-5-3-15(12-22-17)24-19(28)18(27)23-14-2-4-16(20)13(10-14)11-21/h2-5,10,12H,6-9H2,1H3,(H,23,27)(H,24,28). The molecule has 2 amide bonds. The summed E-state index contributed by atoms with van der Waals surface area (Å²) in [5, 5.41) is 13.6. The van der Waals surface area contributed by atoms with Gasteiger partial charge in [-0.2, -0.15) is 5.26 Å². The third-order valence-electron chi connectivity index (χ3n) is 4.38. The lowest BCUT2D eigenvalue weighted by atomic mass is 10.2. The van der Waals surface area contributed by atoms with Gasteiger partial charge in [0.2, 0.25) is 0 Å². The molecular weight excluding hydrogens is 363 g/mol. The van der Waals surface area contributed by atoms with Crippen LogP contribution in [0.4, 0.5) is 21.6 Å². The number of nitrogens with one attached hydrogen (secondary N) is 2. The number of aromatic nitrogens is 1. The lowest BCUT2D eigenvalue weighted by Crippen LogP contribution is -2.44. The number of piperazine rings is 1. The fraction of sp³-hybridized carbons (Fsp3) is 0.263. The lowest BCUT2D eigenvalue weighted by Gasteiger charge is -2.33. The second kappa shape index (κ2) is 8.45. The van der Waals surface area contributed by atoms with Crippen molar-refractivity contribution in [1.29, 1.82) is 5.26 Å². The summed E-state index contributed by atoms with van der Waals surface area (Å²) in [5.74, 6) is -1.71. The molecule has 0 spiro atoms. The zero-order valence-corrected chi connectivity index (χ0v) is 15.3. The maximum absolute atomic E-state index is 13.3. The second-order valence-corrected chi connectivity index (χ2v) is 6.41. The quantitative estimate of drug-likeness (QED) is 0.779. The number of hydrogen-bond donors (Lipinski definition) is 2. The van der Waals surface area contributed by atoms with Gasteiger partial charge in [0.15, 0.2) is 0 Å². The van der Waals surface area contributed by atoms with E-state index in [1.165, 1.54) is 12.3 Å². The van der Waals surface area contributed by atoms with E-state index >= 15 is 0 Å². The van der Waals surface area contributed by atoms with Crippen molar-refractivity contribution < 1.29 is 14.0 Å². The number of amides is 2. The average molecular weight is 382 g/mol. The van der Waals surface area contributed by atoms with Crippen molar-refractivity contribution in [3.05, 3.63) is 47.9 Å². The van der Waals surface area contributed by atoms with E-state index in [1.807, 2.05) is 0 Å². The van der Waals surface area contributed by atoms with Crippen LogP contribution in [-0.2, 0) is 9.59 Å². The van der Waals surface area contributed by atoms with Crippen molar-refractivity contribution in [2.24, 2.45) is 0 Å². The summed E-state index contributed by atoms with van der Waals surface area (Å²) in [6, 6.07) is 8.62. The number of hydrogen-bond acceptors (Lipinski definition) is 6. The number of carbonyl (C=O) groups excluding carboxylic acids is 2. The van der Waals surface area contributed by atoms with E-state index in [0.29, 0.717) is 5.69 Å². The topological polar surface area (TPSA) is 101 Å². The molecule has 28 heavy (non-hydrogen) atoms. The molecule has 1 aliphatic heterocycles. The summed E-state index contributed by atoms with van der Waals surface area (Å²) in [4.78, 5) is 32.8. The summed E-state index contributed by atoms with van der Waals surface area (Å²) in [7, 11) is 2.07. The lowest BCUT2D eigenvalue weighted by molar-refractivity contribution is -0.133. The molecule has 2 N–H and O–H groups in total. The number of nitriles is 1. The highest BCUT2D eigenvalue weighted by Gasteiger charge is 2.17. The fourth-order valence-electron chi connectivity index (χ4n) is 2.75. The SMILES string of the molecule is CN1CCN(c2ccc(NC(=O)C(=O)Nc3ccc(F)c(C#N)c3)cn2)CC1. The van der Waals surface area contributed by atoms with Gasteiger partial charge in [-0.15, -0.1) is 0 Å². The van der Waals surface area contributed by atoms with Crippen molar-refractivity contribution in [1.82, 2.24) is 9.88 Å². The number of halogens is 1. The fourth-order valence-corrected chi connectivity index (χ4v) is 2.75. The largest absolute Gasteiger partial charge is 0.354 e. The Morgan fingerprint density at radius 3 is 2.32 bits per heavy atom. The Hall–Kier alpha value is -3.51. The molecule has 144 valence electrons. The van der Waals surface area contributed by atoms with E-state index in [0.717, 1.165) is 44.1 Å². The number of anilines is 3. The molecule has 1 aliphatic rings. The highest BCUT2D eigenvalue weighted by atomic mass is 19.1. The van der Waals surface area contributed by atoms with Gasteiger partial charge in [-0.05, 0) is 37.4 Å². The van der Waals surface area contributed by atoms with Gasteiger partial charge in [0.25, 0.3) is 0 Å². The van der Waals surface area contributed by atoms with Crippen molar-refractivity contribution in [2.45, 2.75) is 0 Å². The van der Waals surface area contributed by atoms with Crippen LogP contribution in [0, 0.1) is 17.1 Å². The van der Waals surface area contributed by atoms with Crippen LogP contribution in [0.25, 0.3) is 0 Å². The normalized spacial score (nSPS) is 14.2. The predicted molar refractivity (Wildman–Crippen MR) is 102 cm³/mol. The molecule has 1 aromatic heterocycles. The zero-order valence-electron chi connectivity index (χ0n) is 15.3. The van der Waals surface area contributed by atoms with Crippen molar-refractivity contribution in [2.75, 3.05) is 48.8 Å². The molecule has 3 rings (SSSR count). The third-order valence-corrected chi connectivity index (χ3v) is 4.38. The number of rotatable bonds is 3. The monoisotopic (exact) mass is 382 g/mol. The van der Waals surface area contributed by atoms with Gasteiger partial charge >= 0.3 is 11.8 Å². The molecule has 2 heterocycles. The Labute approximate surface area is 161 Å². The van der Waals surface area contributed by atoms with Gasteiger partial charge in [0.1, 0.15) is 17.7 Å². The molecule has 2 aromatic rings. The van der Waals surface area contributed by atoms with Crippen LogP contribution in [0.1, 0.15) is 5.56 Å². The highest BCUT2D eigenvalue weighted by molar-refractivity contribution is 6.43. The second-order valence-electron chi connectivity index (χ2n) is 6.41. The Morgan fingerprint density at radius 1 is 1.07 bits per heavy atom. The van der Waals surface area contributed by atoms with Crippen LogP contribution in [0.5, 0.6) is 0 Å². The molecule has 8 nitrogen and oxygen atoms in total. The van der Waals surface area contributed by atoms with Crippen LogP contribution in [-0.4, -0.2) is 54.9 Å². The van der Waals surface area contributed by atoms with Crippen molar-refractivity contribution in [3.8, 4) is 6.07 Å². The van der Waals surface area contributed by atoms with Gasteiger partial charge in [0, 0.05) is 31.9 Å². The maximum atomic E-state index is 13.3. The Kier molecular flexibility index (Phi) is 5.81. The summed E-state index contributed by atoms with van der Waals surface area (Å²) < 4.78 is 13.3. The van der Waals surface area contributed by atoms with Gasteiger partial charge in [0.05, 0.1) is 17.4 Å². The van der Waals surface area contributed by atoms with Gasteiger partial charge in [-0.25, -0.2) is 9.37 Å². The van der Waals surface area contributed by atoms with Crippen LogP contribution >= 0.6 is 0 Å². The van der Waals surface area contributed by atoms with E-state index in [4.69, 9.17) is 5.26 Å². The third kappa shape index (κ3) is 4.61. The van der Waals surface area contributed by atoms with E-state index in [9.17, 15) is 14.0 Å². The number of likely N-dealkylation sites (N-methyl/N-ethyl adjacent to an activating group) is 1. The smallest absolute Gasteiger partial charge is 0.314 e. The first-order valence-electron chi connectivity index (χ1n) is 8.68. The number of carbonyl (C=O) groups is 2. The molecule has 1 aromatic carbocycles. The first-order valence-corrected chi connectivity index (χ1v) is 8.68. The first-order chi connectivity index (χ1) is 13.5. The minimum atomic E-state index is -0.932. The number of nitrogens with zero attached hydrogens (tertiary/aromatic N) is 4. The van der Waals surface area contributed by atoms with Crippen molar-refractivity contribution in [3.63, 3.8) is 0 Å². The van der Waals surface area contributed by atoms with Gasteiger partial charge < -0.3 is 20.4 Å². The number of pyridine rings is 1. The molecule has 1 fully saturated rings. The minimum absolute atomic E-state index is 0.154. The van der Waals surface area contributed by atoms with Crippen LogP contribution in [0.15, 0.2) is 36.5 Å². The van der Waals surface area contributed by atoms with Crippen molar-refractivity contribution >= 4 is 29.0 Å². The van der Waals surface area contributed by atoms with E-state index < -0.39 is 17.6 Å².